The molecule has 1 N–H and O–H groups in total. The van der Waals surface area contributed by atoms with E-state index < -0.39 is 28.9 Å². The monoisotopic (exact) mass is 368 g/mol. The Morgan fingerprint density at radius 1 is 1.42 bits per heavy atom. The van der Waals surface area contributed by atoms with E-state index in [1.807, 2.05) is 0 Å². The molecule has 0 aliphatic rings. The summed E-state index contributed by atoms with van der Waals surface area (Å²) in [6, 6.07) is 5.27. The smallest absolute Gasteiger partial charge is 0.387 e. The lowest BCUT2D eigenvalue weighted by Crippen LogP contribution is -2.19. The maximum Gasteiger partial charge on any atom is 0.387 e. The molecule has 0 fully saturated rings. The minimum Gasteiger partial charge on any atom is -0.493 e. The number of ether oxygens (including phenoxy) is 2. The number of nitrogens with one attached hydrogen (secondary N) is 1. The number of hydrogen-bond acceptors (Lipinski definition) is 6. The second kappa shape index (κ2) is 8.60. The van der Waals surface area contributed by atoms with Gasteiger partial charge in [-0.3, -0.25) is 14.9 Å². The first-order chi connectivity index (χ1) is 12.4. The third-order valence-electron chi connectivity index (χ3n) is 3.16. The van der Waals surface area contributed by atoms with Crippen LogP contribution in [0.2, 0.25) is 0 Å². The number of hydrogen-bond donors (Lipinski definition) is 1. The molecule has 2 aromatic rings. The van der Waals surface area contributed by atoms with Crippen molar-refractivity contribution < 1.29 is 32.4 Å². The summed E-state index contributed by atoms with van der Waals surface area (Å²) in [5.41, 5.74) is -0.529. The molecule has 0 atom stereocenters. The quantitative estimate of drug-likeness (QED) is 0.436. The van der Waals surface area contributed by atoms with E-state index in [0.29, 0.717) is 5.76 Å². The van der Waals surface area contributed by atoms with Gasteiger partial charge in [0.2, 0.25) is 5.91 Å². The molecule has 1 amide bonds. The number of benzene rings is 1. The fourth-order valence-corrected chi connectivity index (χ4v) is 2.02. The van der Waals surface area contributed by atoms with Gasteiger partial charge in [-0.05, 0) is 24.3 Å². The number of nitro groups is 1. The first-order valence-electron chi connectivity index (χ1n) is 7.20. The lowest BCUT2D eigenvalue weighted by Gasteiger charge is -2.10. The number of carbonyl (C=O) groups excluding carboxylic acids is 1. The van der Waals surface area contributed by atoms with Crippen molar-refractivity contribution in [1.82, 2.24) is 5.32 Å². The molecule has 0 unspecified atom stereocenters. The molecule has 0 radical (unpaired) electrons. The van der Waals surface area contributed by atoms with Crippen LogP contribution in [0.15, 0.2) is 41.0 Å². The molecule has 0 spiro atoms. The summed E-state index contributed by atoms with van der Waals surface area (Å²) in [6.45, 7) is -3.03. The van der Waals surface area contributed by atoms with Crippen LogP contribution in [0.5, 0.6) is 11.5 Å². The van der Waals surface area contributed by atoms with Gasteiger partial charge in [0.05, 0.1) is 36.5 Å². The van der Waals surface area contributed by atoms with Crippen molar-refractivity contribution in [2.24, 2.45) is 0 Å². The number of halogens is 2. The van der Waals surface area contributed by atoms with E-state index in [4.69, 9.17) is 9.15 Å². The normalized spacial score (nSPS) is 10.9. The molecular weight excluding hydrogens is 354 g/mol. The van der Waals surface area contributed by atoms with Crippen LogP contribution >= 0.6 is 0 Å². The highest BCUT2D eigenvalue weighted by Crippen LogP contribution is 2.36. The van der Waals surface area contributed by atoms with Crippen LogP contribution in [0.4, 0.5) is 14.5 Å². The van der Waals surface area contributed by atoms with Crippen molar-refractivity contribution in [2.75, 3.05) is 7.11 Å². The predicted molar refractivity (Wildman–Crippen MR) is 85.9 cm³/mol. The number of furan rings is 1. The fourth-order valence-electron chi connectivity index (χ4n) is 2.02. The van der Waals surface area contributed by atoms with E-state index in [-0.39, 0.29) is 17.9 Å². The van der Waals surface area contributed by atoms with Crippen LogP contribution in [-0.2, 0) is 11.3 Å². The molecule has 2 rings (SSSR count). The molecule has 138 valence electrons. The molecule has 0 saturated heterocycles. The third-order valence-corrected chi connectivity index (χ3v) is 3.16. The number of nitro benzene ring substituents is 1. The molecule has 0 bridgehead atoms. The summed E-state index contributed by atoms with van der Waals surface area (Å²) >= 11 is 0. The van der Waals surface area contributed by atoms with Gasteiger partial charge in [-0.1, -0.05) is 0 Å². The lowest BCUT2D eigenvalue weighted by atomic mass is 10.1. The van der Waals surface area contributed by atoms with Gasteiger partial charge in [0.25, 0.3) is 5.69 Å². The maximum absolute atomic E-state index is 12.4. The summed E-state index contributed by atoms with van der Waals surface area (Å²) in [5.74, 6) is -0.601. The van der Waals surface area contributed by atoms with E-state index in [1.165, 1.54) is 19.4 Å². The van der Waals surface area contributed by atoms with E-state index in [1.54, 1.807) is 12.1 Å². The van der Waals surface area contributed by atoms with Gasteiger partial charge in [0.15, 0.2) is 11.5 Å². The van der Waals surface area contributed by atoms with Gasteiger partial charge in [-0.25, -0.2) is 0 Å². The number of amides is 1. The maximum atomic E-state index is 12.4. The Hall–Kier alpha value is -3.43. The third kappa shape index (κ3) is 5.03. The number of methoxy groups -OCH3 is 1. The summed E-state index contributed by atoms with van der Waals surface area (Å²) in [4.78, 5) is 22.2. The van der Waals surface area contributed by atoms with Gasteiger partial charge in [-0.15, -0.1) is 0 Å². The number of rotatable bonds is 8. The molecule has 0 aliphatic heterocycles. The molecule has 1 aromatic carbocycles. The van der Waals surface area contributed by atoms with E-state index in [9.17, 15) is 23.7 Å². The minimum absolute atomic E-state index is 0.0124. The van der Waals surface area contributed by atoms with Gasteiger partial charge in [-0.2, -0.15) is 8.78 Å². The summed E-state index contributed by atoms with van der Waals surface area (Å²) in [6.07, 6.45) is 3.69. The largest absolute Gasteiger partial charge is 0.493 e. The molecule has 10 heteroatoms. The second-order valence-electron chi connectivity index (χ2n) is 4.83. The van der Waals surface area contributed by atoms with Crippen molar-refractivity contribution in [1.29, 1.82) is 0 Å². The molecule has 0 aliphatic carbocycles. The van der Waals surface area contributed by atoms with Crippen molar-refractivity contribution >= 4 is 17.7 Å². The predicted octanol–water partition coefficient (Wildman–Crippen LogP) is 3.13. The molecule has 0 saturated carbocycles. The van der Waals surface area contributed by atoms with Crippen LogP contribution in [0.25, 0.3) is 6.08 Å². The Labute approximate surface area is 146 Å². The second-order valence-corrected chi connectivity index (χ2v) is 4.83. The summed E-state index contributed by atoms with van der Waals surface area (Å²) in [7, 11) is 1.20. The fraction of sp³-hybridized carbons (Fsp3) is 0.188. The lowest BCUT2D eigenvalue weighted by molar-refractivity contribution is -0.385. The first kappa shape index (κ1) is 18.9. The summed E-state index contributed by atoms with van der Waals surface area (Å²) in [5, 5.41) is 13.7. The highest BCUT2D eigenvalue weighted by atomic mass is 19.3. The highest BCUT2D eigenvalue weighted by Gasteiger charge is 2.20. The van der Waals surface area contributed by atoms with E-state index in [0.717, 1.165) is 18.2 Å². The van der Waals surface area contributed by atoms with Crippen molar-refractivity contribution in [3.05, 3.63) is 58.0 Å². The number of nitrogens with zero attached hydrogens (tertiary/aromatic N) is 1. The highest BCUT2D eigenvalue weighted by molar-refractivity contribution is 5.92. The Morgan fingerprint density at radius 2 is 2.19 bits per heavy atom. The molecule has 26 heavy (non-hydrogen) atoms. The molecular formula is C16H14F2N2O6. The van der Waals surface area contributed by atoms with E-state index >= 15 is 0 Å². The van der Waals surface area contributed by atoms with Gasteiger partial charge in [0.1, 0.15) is 5.76 Å². The SMILES string of the molecule is COc1cc(C=CC(=O)NCc2ccco2)c([N+](=O)[O-])cc1OC(F)F. The number of alkyl halides is 2. The van der Waals surface area contributed by atoms with Crippen LogP contribution in [-0.4, -0.2) is 24.6 Å². The molecule has 1 aromatic heterocycles. The van der Waals surface area contributed by atoms with Gasteiger partial charge < -0.3 is 19.2 Å². The zero-order valence-corrected chi connectivity index (χ0v) is 13.5. The van der Waals surface area contributed by atoms with E-state index in [2.05, 4.69) is 10.1 Å². The average Bonchev–Trinajstić information content (AvgIpc) is 3.11. The summed E-state index contributed by atoms with van der Waals surface area (Å²) < 4.78 is 39.0. The van der Waals surface area contributed by atoms with Gasteiger partial charge >= 0.3 is 6.61 Å². The van der Waals surface area contributed by atoms with Crippen LogP contribution in [0.1, 0.15) is 11.3 Å². The molecule has 1 heterocycles. The number of carbonyl (C=O) groups is 1. The minimum atomic E-state index is -3.17. The Balaban J connectivity index is 2.20. The van der Waals surface area contributed by atoms with Gasteiger partial charge in [0, 0.05) is 6.08 Å². The Kier molecular flexibility index (Phi) is 6.25. The Morgan fingerprint density at radius 3 is 2.77 bits per heavy atom. The van der Waals surface area contributed by atoms with Crippen molar-refractivity contribution in [3.8, 4) is 11.5 Å². The van der Waals surface area contributed by atoms with Crippen LogP contribution in [0.3, 0.4) is 0 Å². The standard InChI is InChI=1S/C16H14F2N2O6/c1-24-13-7-10(12(20(22)23)8-14(13)26-16(17)18)4-5-15(21)19-9-11-3-2-6-25-11/h2-8,16H,9H2,1H3,(H,19,21). The Bertz CT molecular complexity index is 805. The zero-order valence-electron chi connectivity index (χ0n) is 13.5. The first-order valence-corrected chi connectivity index (χ1v) is 7.20. The average molecular weight is 368 g/mol. The van der Waals surface area contributed by atoms with Crippen molar-refractivity contribution in [2.45, 2.75) is 13.2 Å². The van der Waals surface area contributed by atoms with Crippen LogP contribution < -0.4 is 14.8 Å². The van der Waals surface area contributed by atoms with Crippen molar-refractivity contribution in [3.63, 3.8) is 0 Å². The topological polar surface area (TPSA) is 104 Å². The molecule has 8 nitrogen and oxygen atoms in total. The van der Waals surface area contributed by atoms with Crippen LogP contribution in [0, 0.1) is 10.1 Å². The zero-order chi connectivity index (χ0) is 19.1.